The van der Waals surface area contributed by atoms with Gasteiger partial charge in [0.05, 0.1) is 17.5 Å². The molecule has 2 aromatic carbocycles. The molecule has 1 N–H and O–H groups in total. The highest BCUT2D eigenvalue weighted by Gasteiger charge is 2.30. The first-order valence-electron chi connectivity index (χ1n) is 8.01. The molecule has 0 bridgehead atoms. The summed E-state index contributed by atoms with van der Waals surface area (Å²) in [6.07, 6.45) is 2.69. The van der Waals surface area contributed by atoms with E-state index in [1.807, 2.05) is 48.7 Å². The van der Waals surface area contributed by atoms with Crippen LogP contribution in [0, 0.1) is 0 Å². The summed E-state index contributed by atoms with van der Waals surface area (Å²) in [6, 6.07) is 15.7. The van der Waals surface area contributed by atoms with E-state index in [1.54, 1.807) is 30.6 Å². The quantitative estimate of drug-likeness (QED) is 0.816. The van der Waals surface area contributed by atoms with Crippen LogP contribution in [0.4, 0.5) is 5.69 Å². The summed E-state index contributed by atoms with van der Waals surface area (Å²) in [7, 11) is 1.69. The molecule has 0 radical (unpaired) electrons. The van der Waals surface area contributed by atoms with Gasteiger partial charge in [-0.15, -0.1) is 23.5 Å². The molecule has 2 aromatic rings. The molecule has 1 unspecified atom stereocenters. The molecule has 1 heterocycles. The van der Waals surface area contributed by atoms with Gasteiger partial charge in [0.2, 0.25) is 11.8 Å². The van der Waals surface area contributed by atoms with E-state index in [1.165, 1.54) is 10.5 Å². The van der Waals surface area contributed by atoms with Gasteiger partial charge in [0.15, 0.2) is 0 Å². The second-order valence-electron chi connectivity index (χ2n) is 5.86. The molecule has 0 saturated heterocycles. The molecule has 0 fully saturated rings. The lowest BCUT2D eigenvalue weighted by atomic mass is 10.1. The van der Waals surface area contributed by atoms with Crippen molar-refractivity contribution in [3.05, 3.63) is 54.1 Å². The van der Waals surface area contributed by atoms with Gasteiger partial charge in [-0.25, -0.2) is 0 Å². The Balaban J connectivity index is 1.58. The topological polar surface area (TPSA) is 49.4 Å². The van der Waals surface area contributed by atoms with Crippen LogP contribution in [0.15, 0.2) is 58.3 Å². The number of benzene rings is 2. The highest BCUT2D eigenvalue weighted by atomic mass is 32.2. The average Bonchev–Trinajstić information content (AvgIpc) is 3.05. The summed E-state index contributed by atoms with van der Waals surface area (Å²) in [5.41, 5.74) is 1.99. The summed E-state index contributed by atoms with van der Waals surface area (Å²) in [5, 5.41) is 2.75. The number of nitrogens with one attached hydrogen (secondary N) is 1. The fraction of sp³-hybridized carbons (Fsp3) is 0.263. The van der Waals surface area contributed by atoms with Crippen LogP contribution in [0.1, 0.15) is 5.56 Å². The Labute approximate surface area is 156 Å². The van der Waals surface area contributed by atoms with E-state index < -0.39 is 0 Å². The van der Waals surface area contributed by atoms with Crippen LogP contribution < -0.4 is 5.32 Å². The number of amides is 2. The van der Waals surface area contributed by atoms with E-state index in [4.69, 9.17) is 0 Å². The van der Waals surface area contributed by atoms with Crippen LogP contribution in [0.25, 0.3) is 0 Å². The Bertz CT molecular complexity index is 769. The summed E-state index contributed by atoms with van der Waals surface area (Å²) in [5.74, 6) is -0.188. The summed E-state index contributed by atoms with van der Waals surface area (Å²) in [4.78, 5) is 28.6. The van der Waals surface area contributed by atoms with Crippen molar-refractivity contribution in [2.24, 2.45) is 0 Å². The zero-order chi connectivity index (χ0) is 17.8. The normalized spacial score (nSPS) is 15.5. The van der Waals surface area contributed by atoms with Crippen LogP contribution in [0.2, 0.25) is 0 Å². The van der Waals surface area contributed by atoms with Gasteiger partial charge in [0, 0.05) is 16.8 Å². The van der Waals surface area contributed by atoms with E-state index in [2.05, 4.69) is 11.4 Å². The van der Waals surface area contributed by atoms with Crippen molar-refractivity contribution in [3.8, 4) is 0 Å². The highest BCUT2D eigenvalue weighted by molar-refractivity contribution is 8.01. The van der Waals surface area contributed by atoms with Crippen molar-refractivity contribution < 1.29 is 9.59 Å². The van der Waals surface area contributed by atoms with Gasteiger partial charge in [-0.3, -0.25) is 9.59 Å². The van der Waals surface area contributed by atoms with Crippen LogP contribution in [-0.2, 0) is 16.0 Å². The second-order valence-corrected chi connectivity index (χ2v) is 7.95. The molecule has 1 atom stereocenters. The van der Waals surface area contributed by atoms with E-state index >= 15 is 0 Å². The summed E-state index contributed by atoms with van der Waals surface area (Å²) < 4.78 is 0. The predicted octanol–water partition coefficient (Wildman–Crippen LogP) is 3.52. The number of anilines is 1. The van der Waals surface area contributed by atoms with Crippen LogP contribution in [0.5, 0.6) is 0 Å². The van der Waals surface area contributed by atoms with E-state index in [-0.39, 0.29) is 23.6 Å². The maximum absolute atomic E-state index is 12.6. The molecule has 25 heavy (non-hydrogen) atoms. The molecular weight excluding hydrogens is 352 g/mol. The molecule has 6 heteroatoms. The number of carbonyl (C=O) groups excluding carboxylic acids is 2. The van der Waals surface area contributed by atoms with Gasteiger partial charge < -0.3 is 10.2 Å². The van der Waals surface area contributed by atoms with Crippen molar-refractivity contribution in [3.63, 3.8) is 0 Å². The molecule has 2 amide bonds. The number of hydrogen-bond donors (Lipinski definition) is 1. The smallest absolute Gasteiger partial charge is 0.244 e. The molecule has 0 spiro atoms. The molecule has 0 saturated carbocycles. The first-order chi connectivity index (χ1) is 12.1. The summed E-state index contributed by atoms with van der Waals surface area (Å²) in [6.45, 7) is 0.0505. The Morgan fingerprint density at radius 3 is 2.68 bits per heavy atom. The number of thioether (sulfide) groups is 2. The molecule has 0 aliphatic carbocycles. The number of fused-ring (bicyclic) bond motifs is 1. The SMILES string of the molecule is CSc1ccccc1NC(=O)CN(C)C(=O)C1Cc2ccccc2S1. The average molecular weight is 373 g/mol. The van der Waals surface area contributed by atoms with Gasteiger partial charge in [-0.05, 0) is 36.4 Å². The van der Waals surface area contributed by atoms with Crippen LogP contribution in [0.3, 0.4) is 0 Å². The third-order valence-corrected chi connectivity index (χ3v) is 6.16. The molecule has 0 aromatic heterocycles. The van der Waals surface area contributed by atoms with Crippen molar-refractivity contribution in [2.45, 2.75) is 21.5 Å². The largest absolute Gasteiger partial charge is 0.335 e. The van der Waals surface area contributed by atoms with Crippen molar-refractivity contribution in [1.29, 1.82) is 0 Å². The van der Waals surface area contributed by atoms with Crippen LogP contribution >= 0.6 is 23.5 Å². The number of rotatable bonds is 5. The molecule has 3 rings (SSSR count). The molecule has 4 nitrogen and oxygen atoms in total. The Morgan fingerprint density at radius 2 is 1.92 bits per heavy atom. The fourth-order valence-electron chi connectivity index (χ4n) is 2.80. The zero-order valence-electron chi connectivity index (χ0n) is 14.2. The lowest BCUT2D eigenvalue weighted by molar-refractivity contribution is -0.132. The molecular formula is C19H20N2O2S2. The summed E-state index contributed by atoms with van der Waals surface area (Å²) >= 11 is 3.16. The Morgan fingerprint density at radius 1 is 1.20 bits per heavy atom. The molecule has 130 valence electrons. The van der Waals surface area contributed by atoms with Crippen molar-refractivity contribution >= 4 is 41.0 Å². The van der Waals surface area contributed by atoms with Gasteiger partial charge in [-0.2, -0.15) is 0 Å². The van der Waals surface area contributed by atoms with Gasteiger partial charge in [0.1, 0.15) is 0 Å². The number of hydrogen-bond acceptors (Lipinski definition) is 4. The Hall–Kier alpha value is -1.92. The minimum atomic E-state index is -0.183. The lowest BCUT2D eigenvalue weighted by Gasteiger charge is -2.20. The predicted molar refractivity (Wildman–Crippen MR) is 104 cm³/mol. The molecule has 1 aliphatic heterocycles. The number of nitrogens with zero attached hydrogens (tertiary/aromatic N) is 1. The van der Waals surface area contributed by atoms with Gasteiger partial charge in [0.25, 0.3) is 0 Å². The number of likely N-dealkylation sites (N-methyl/N-ethyl adjacent to an activating group) is 1. The molecule has 1 aliphatic rings. The van der Waals surface area contributed by atoms with Gasteiger partial charge in [-0.1, -0.05) is 30.3 Å². The van der Waals surface area contributed by atoms with Crippen LogP contribution in [-0.4, -0.2) is 41.8 Å². The highest BCUT2D eigenvalue weighted by Crippen LogP contribution is 2.37. The van der Waals surface area contributed by atoms with Crippen molar-refractivity contribution in [1.82, 2.24) is 4.90 Å². The first-order valence-corrected chi connectivity index (χ1v) is 10.1. The number of carbonyl (C=O) groups is 2. The Kier molecular flexibility index (Phi) is 5.71. The lowest BCUT2D eigenvalue weighted by Crippen LogP contribution is -2.39. The zero-order valence-corrected chi connectivity index (χ0v) is 15.8. The van der Waals surface area contributed by atoms with Gasteiger partial charge >= 0.3 is 0 Å². The maximum Gasteiger partial charge on any atom is 0.244 e. The minimum Gasteiger partial charge on any atom is -0.335 e. The third-order valence-electron chi connectivity index (χ3n) is 4.06. The number of para-hydroxylation sites is 1. The van der Waals surface area contributed by atoms with E-state index in [0.717, 1.165) is 21.9 Å². The standard InChI is InChI=1S/C19H20N2O2S2/c1-21(12-18(22)20-14-8-4-6-10-16(14)24-2)19(23)17-11-13-7-3-5-9-15(13)25-17/h3-10,17H,11-12H2,1-2H3,(H,20,22). The maximum atomic E-state index is 12.6. The first kappa shape index (κ1) is 17.9. The third kappa shape index (κ3) is 4.19. The van der Waals surface area contributed by atoms with Crippen molar-refractivity contribution in [2.75, 3.05) is 25.2 Å². The second kappa shape index (κ2) is 7.97. The van der Waals surface area contributed by atoms with E-state index in [0.29, 0.717) is 0 Å². The monoisotopic (exact) mass is 372 g/mol. The minimum absolute atomic E-state index is 0.00509. The fourth-order valence-corrected chi connectivity index (χ4v) is 4.66. The van der Waals surface area contributed by atoms with E-state index in [9.17, 15) is 9.59 Å².